The Bertz CT molecular complexity index is 774. The molecule has 0 aliphatic heterocycles. The van der Waals surface area contributed by atoms with Gasteiger partial charge in [0.1, 0.15) is 5.69 Å². The molecule has 1 N–H and O–H groups in total. The minimum absolute atomic E-state index is 0.318. The molecule has 2 nitrogen and oxygen atoms in total. The van der Waals surface area contributed by atoms with Crippen LogP contribution in [0.5, 0.6) is 0 Å². The van der Waals surface area contributed by atoms with Crippen molar-refractivity contribution in [2.75, 3.05) is 5.32 Å². The number of nitrogens with zero attached hydrogens (tertiary/aromatic N) is 1. The highest BCUT2D eigenvalue weighted by Crippen LogP contribution is 2.29. The van der Waals surface area contributed by atoms with Crippen LogP contribution in [-0.4, -0.2) is 4.98 Å². The van der Waals surface area contributed by atoms with E-state index in [-0.39, 0.29) is 0 Å². The van der Waals surface area contributed by atoms with Crippen molar-refractivity contribution in [3.05, 3.63) is 53.2 Å². The van der Waals surface area contributed by atoms with Crippen molar-refractivity contribution in [3.8, 4) is 0 Å². The van der Waals surface area contributed by atoms with Crippen LogP contribution in [-0.2, 0) is 0 Å². The van der Waals surface area contributed by atoms with Gasteiger partial charge in [-0.15, -0.1) is 11.3 Å². The van der Waals surface area contributed by atoms with Gasteiger partial charge in [0.2, 0.25) is 11.6 Å². The molecule has 1 aromatic carbocycles. The normalized spacial score (nSPS) is 11.0. The second-order valence-corrected chi connectivity index (χ2v) is 4.94. The zero-order valence-corrected chi connectivity index (χ0v) is 10.6. The van der Waals surface area contributed by atoms with Crippen LogP contribution in [0.4, 0.5) is 28.9 Å². The number of hydrogen-bond donors (Lipinski definition) is 1. The third-order valence-corrected chi connectivity index (χ3v) is 3.62. The van der Waals surface area contributed by atoms with Crippen molar-refractivity contribution in [2.45, 2.75) is 0 Å². The molecule has 3 rings (SSSR count). The van der Waals surface area contributed by atoms with Crippen molar-refractivity contribution in [1.82, 2.24) is 4.98 Å². The van der Waals surface area contributed by atoms with E-state index in [0.717, 1.165) is 10.1 Å². The lowest BCUT2D eigenvalue weighted by molar-refractivity contribution is 0.411. The quantitative estimate of drug-likeness (QED) is 0.552. The van der Waals surface area contributed by atoms with Crippen LogP contribution in [0.2, 0.25) is 0 Å². The van der Waals surface area contributed by atoms with Gasteiger partial charge in [-0.1, -0.05) is 0 Å². The number of halogens is 4. The molecule has 2 aromatic heterocycles. The molecular weight excluding hydrogens is 292 g/mol. The van der Waals surface area contributed by atoms with Gasteiger partial charge in [0, 0.05) is 10.4 Å². The van der Waals surface area contributed by atoms with E-state index in [1.807, 2.05) is 11.4 Å². The summed E-state index contributed by atoms with van der Waals surface area (Å²) in [6.07, 6.45) is 0. The molecule has 102 valence electrons. The highest BCUT2D eigenvalue weighted by molar-refractivity contribution is 7.17. The van der Waals surface area contributed by atoms with Crippen LogP contribution in [0.15, 0.2) is 29.6 Å². The Morgan fingerprint density at radius 2 is 1.65 bits per heavy atom. The zero-order chi connectivity index (χ0) is 14.3. The summed E-state index contributed by atoms with van der Waals surface area (Å²) < 4.78 is 53.9. The molecule has 0 saturated heterocycles. The van der Waals surface area contributed by atoms with E-state index in [1.165, 1.54) is 11.3 Å². The van der Waals surface area contributed by atoms with E-state index in [2.05, 4.69) is 10.3 Å². The van der Waals surface area contributed by atoms with Crippen molar-refractivity contribution in [2.24, 2.45) is 0 Å². The number of nitrogens with one attached hydrogen (secondary N) is 1. The Labute approximate surface area is 114 Å². The van der Waals surface area contributed by atoms with Gasteiger partial charge < -0.3 is 5.32 Å². The van der Waals surface area contributed by atoms with Gasteiger partial charge in [-0.25, -0.2) is 0 Å². The zero-order valence-electron chi connectivity index (χ0n) is 9.75. The number of aromatic nitrogens is 1. The first-order chi connectivity index (χ1) is 9.56. The summed E-state index contributed by atoms with van der Waals surface area (Å²) in [7, 11) is 0. The van der Waals surface area contributed by atoms with Crippen LogP contribution in [0.3, 0.4) is 0 Å². The molecule has 0 saturated carbocycles. The number of thiophene rings is 1. The standard InChI is InChI=1S/C13H6F4N2S/c14-9-11(10(15)13(17)19-12(9)16)18-7-1-2-8-6(5-7)3-4-20-8/h1-5H,(H,18,19). The van der Waals surface area contributed by atoms with E-state index < -0.39 is 29.2 Å². The fourth-order valence-corrected chi connectivity index (χ4v) is 2.56. The molecular formula is C13H6F4N2S. The molecule has 0 aliphatic carbocycles. The average Bonchev–Trinajstić information content (AvgIpc) is 2.89. The predicted octanol–water partition coefficient (Wildman–Crippen LogP) is 4.60. The van der Waals surface area contributed by atoms with Crippen molar-refractivity contribution >= 4 is 32.8 Å². The minimum atomic E-state index is -1.69. The monoisotopic (exact) mass is 298 g/mol. The SMILES string of the molecule is Fc1nc(F)c(F)c(Nc2ccc3sccc3c2)c1F. The summed E-state index contributed by atoms with van der Waals surface area (Å²) in [5.74, 6) is -6.50. The Balaban J connectivity index is 2.06. The molecule has 0 fully saturated rings. The highest BCUT2D eigenvalue weighted by Gasteiger charge is 2.20. The smallest absolute Gasteiger partial charge is 0.253 e. The van der Waals surface area contributed by atoms with Gasteiger partial charge in [0.05, 0.1) is 0 Å². The first-order valence-corrected chi connectivity index (χ1v) is 6.38. The molecule has 0 bridgehead atoms. The molecule has 0 radical (unpaired) electrons. The number of pyridine rings is 1. The van der Waals surface area contributed by atoms with Crippen LogP contribution in [0, 0.1) is 23.5 Å². The summed E-state index contributed by atoms with van der Waals surface area (Å²) in [6, 6.07) is 6.76. The Hall–Kier alpha value is -2.15. The first-order valence-electron chi connectivity index (χ1n) is 5.50. The summed E-state index contributed by atoms with van der Waals surface area (Å²) in [5, 5.41) is 5.06. The third-order valence-electron chi connectivity index (χ3n) is 2.72. The second kappa shape index (κ2) is 4.75. The predicted molar refractivity (Wildman–Crippen MR) is 69.2 cm³/mol. The summed E-state index contributed by atoms with van der Waals surface area (Å²) in [6.45, 7) is 0. The van der Waals surface area contributed by atoms with Crippen molar-refractivity contribution < 1.29 is 17.6 Å². The topological polar surface area (TPSA) is 24.9 Å². The molecule has 2 heterocycles. The van der Waals surface area contributed by atoms with E-state index in [4.69, 9.17) is 0 Å². The van der Waals surface area contributed by atoms with Crippen LogP contribution >= 0.6 is 11.3 Å². The third kappa shape index (κ3) is 2.09. The molecule has 20 heavy (non-hydrogen) atoms. The van der Waals surface area contributed by atoms with Crippen molar-refractivity contribution in [3.63, 3.8) is 0 Å². The van der Waals surface area contributed by atoms with Gasteiger partial charge in [-0.3, -0.25) is 0 Å². The molecule has 0 atom stereocenters. The first kappa shape index (κ1) is 12.9. The summed E-state index contributed by atoms with van der Waals surface area (Å²) in [5.41, 5.74) is -0.580. The van der Waals surface area contributed by atoms with Crippen LogP contribution < -0.4 is 5.32 Å². The van der Waals surface area contributed by atoms with Gasteiger partial charge >= 0.3 is 0 Å². The van der Waals surface area contributed by atoms with E-state index in [0.29, 0.717) is 5.69 Å². The minimum Gasteiger partial charge on any atom is -0.350 e. The van der Waals surface area contributed by atoms with Gasteiger partial charge in [-0.05, 0) is 35.0 Å². The maximum absolute atomic E-state index is 13.5. The summed E-state index contributed by atoms with van der Waals surface area (Å²) >= 11 is 1.51. The fraction of sp³-hybridized carbons (Fsp3) is 0. The maximum atomic E-state index is 13.5. The van der Waals surface area contributed by atoms with Crippen molar-refractivity contribution in [1.29, 1.82) is 0 Å². The van der Waals surface area contributed by atoms with Gasteiger partial charge in [0.25, 0.3) is 11.9 Å². The van der Waals surface area contributed by atoms with E-state index >= 15 is 0 Å². The maximum Gasteiger partial charge on any atom is 0.253 e. The number of rotatable bonds is 2. The number of hydrogen-bond acceptors (Lipinski definition) is 3. The lowest BCUT2D eigenvalue weighted by Gasteiger charge is -2.09. The number of fused-ring (bicyclic) bond motifs is 1. The second-order valence-electron chi connectivity index (χ2n) is 3.99. The van der Waals surface area contributed by atoms with Crippen LogP contribution in [0.1, 0.15) is 0 Å². The Morgan fingerprint density at radius 3 is 2.35 bits per heavy atom. The average molecular weight is 298 g/mol. The Kier molecular flexibility index (Phi) is 3.06. The number of anilines is 2. The molecule has 3 aromatic rings. The molecule has 0 amide bonds. The lowest BCUT2D eigenvalue weighted by atomic mass is 10.2. The number of benzene rings is 1. The van der Waals surface area contributed by atoms with Gasteiger partial charge in [0.15, 0.2) is 0 Å². The fourth-order valence-electron chi connectivity index (χ4n) is 1.79. The molecule has 0 unspecified atom stereocenters. The summed E-state index contributed by atoms with van der Waals surface area (Å²) in [4.78, 5) is 2.49. The lowest BCUT2D eigenvalue weighted by Crippen LogP contribution is -2.05. The largest absolute Gasteiger partial charge is 0.350 e. The Morgan fingerprint density at radius 1 is 0.950 bits per heavy atom. The molecule has 0 spiro atoms. The molecule has 0 aliphatic rings. The highest BCUT2D eigenvalue weighted by atomic mass is 32.1. The molecule has 7 heteroatoms. The van der Waals surface area contributed by atoms with E-state index in [9.17, 15) is 17.6 Å². The van der Waals surface area contributed by atoms with Crippen LogP contribution in [0.25, 0.3) is 10.1 Å². The van der Waals surface area contributed by atoms with Gasteiger partial charge in [-0.2, -0.15) is 22.5 Å². The van der Waals surface area contributed by atoms with E-state index in [1.54, 1.807) is 18.2 Å².